The van der Waals surface area contributed by atoms with E-state index >= 15 is 0 Å². The van der Waals surface area contributed by atoms with Gasteiger partial charge in [0.1, 0.15) is 11.4 Å². The van der Waals surface area contributed by atoms with Crippen molar-refractivity contribution in [1.29, 1.82) is 0 Å². The van der Waals surface area contributed by atoms with Gasteiger partial charge in [0.05, 0.1) is 22.0 Å². The summed E-state index contributed by atoms with van der Waals surface area (Å²) in [5.74, 6) is -1.19. The molecule has 2 heterocycles. The average Bonchev–Trinajstić information content (AvgIpc) is 3.44. The van der Waals surface area contributed by atoms with Crippen LogP contribution in [0.1, 0.15) is 13.3 Å². The van der Waals surface area contributed by atoms with Gasteiger partial charge in [-0.15, -0.1) is 0 Å². The molecule has 36 heavy (non-hydrogen) atoms. The number of hydrogen-bond acceptors (Lipinski definition) is 5. The van der Waals surface area contributed by atoms with Crippen molar-refractivity contribution < 1.29 is 35.6 Å². The second-order valence-corrected chi connectivity index (χ2v) is 10.6. The van der Waals surface area contributed by atoms with Gasteiger partial charge in [-0.1, -0.05) is 6.92 Å². The lowest BCUT2D eigenvalue weighted by molar-refractivity contribution is -0.119. The number of nitrogens with zero attached hydrogens (tertiary/aromatic N) is 3. The van der Waals surface area contributed by atoms with Gasteiger partial charge < -0.3 is 0 Å². The van der Waals surface area contributed by atoms with Crippen LogP contribution in [-0.2, 0) is 14.6 Å². The fraction of sp³-hybridized carbons (Fsp3) is 0.208. The summed E-state index contributed by atoms with van der Waals surface area (Å²) < 4.78 is 75.3. The zero-order chi connectivity index (χ0) is 26.0. The number of carbonyl (C=O) groups is 2. The Balaban J connectivity index is 1.52. The maximum Gasteiger partial charge on any atom is 0.501 e. The number of sulfone groups is 1. The molecular formula is C24H17F4N3O4S. The Bertz CT molecular complexity index is 1490. The number of alkyl halides is 3. The maximum absolute atomic E-state index is 13.5. The van der Waals surface area contributed by atoms with Crippen LogP contribution in [-0.4, -0.2) is 36.4 Å². The van der Waals surface area contributed by atoms with Crippen molar-refractivity contribution in [3.05, 3.63) is 72.7 Å². The highest BCUT2D eigenvalue weighted by Gasteiger charge is 2.70. The second-order valence-electron chi connectivity index (χ2n) is 8.64. The van der Waals surface area contributed by atoms with Crippen LogP contribution < -0.4 is 9.80 Å². The molecule has 2 atom stereocenters. The molecule has 1 spiro atoms. The Hall–Kier alpha value is -3.80. The molecule has 1 aliphatic carbocycles. The van der Waals surface area contributed by atoms with Gasteiger partial charge in [-0.2, -0.15) is 13.2 Å². The SMILES string of the molecule is CC1CC12C(=O)N(c1ccc(S(=O)(=O)C(F)(F)F)cc1)C(=O)N2c1ccnc(-c2ccc(F)cc2)c1. The summed E-state index contributed by atoms with van der Waals surface area (Å²) in [5, 5.41) is 0. The van der Waals surface area contributed by atoms with Crippen LogP contribution in [0.5, 0.6) is 0 Å². The van der Waals surface area contributed by atoms with Gasteiger partial charge in [-0.05, 0) is 73.0 Å². The molecule has 1 saturated carbocycles. The van der Waals surface area contributed by atoms with Crippen LogP contribution in [0.25, 0.3) is 11.3 Å². The van der Waals surface area contributed by atoms with E-state index < -0.39 is 43.5 Å². The predicted octanol–water partition coefficient (Wildman–Crippen LogP) is 4.93. The number of anilines is 2. The van der Waals surface area contributed by atoms with Gasteiger partial charge in [0.15, 0.2) is 0 Å². The number of urea groups is 1. The Morgan fingerprint density at radius 3 is 2.14 bits per heavy atom. The number of hydrogen-bond donors (Lipinski definition) is 0. The van der Waals surface area contributed by atoms with Crippen molar-refractivity contribution in [2.75, 3.05) is 9.80 Å². The molecule has 3 amide bonds. The molecule has 5 rings (SSSR count). The van der Waals surface area contributed by atoms with Crippen molar-refractivity contribution in [2.45, 2.75) is 29.3 Å². The largest absolute Gasteiger partial charge is 0.501 e. The Morgan fingerprint density at radius 1 is 0.972 bits per heavy atom. The summed E-state index contributed by atoms with van der Waals surface area (Å²) in [7, 11) is -5.58. The van der Waals surface area contributed by atoms with Crippen LogP contribution in [0.15, 0.2) is 71.8 Å². The number of imide groups is 1. The van der Waals surface area contributed by atoms with Crippen LogP contribution in [0.3, 0.4) is 0 Å². The monoisotopic (exact) mass is 519 g/mol. The molecule has 7 nitrogen and oxygen atoms in total. The van der Waals surface area contributed by atoms with E-state index in [2.05, 4.69) is 4.98 Å². The zero-order valence-corrected chi connectivity index (χ0v) is 19.3. The summed E-state index contributed by atoms with van der Waals surface area (Å²) in [5.41, 5.74) is -5.33. The number of halogens is 4. The average molecular weight is 519 g/mol. The van der Waals surface area contributed by atoms with Crippen LogP contribution in [0.4, 0.5) is 33.7 Å². The van der Waals surface area contributed by atoms with E-state index in [1.165, 1.54) is 35.4 Å². The first-order valence-electron chi connectivity index (χ1n) is 10.7. The molecule has 1 saturated heterocycles. The normalized spacial score (nSPS) is 22.0. The lowest BCUT2D eigenvalue weighted by Gasteiger charge is -2.22. The summed E-state index contributed by atoms with van der Waals surface area (Å²) in [6.45, 7) is 1.79. The highest BCUT2D eigenvalue weighted by Crippen LogP contribution is 2.55. The van der Waals surface area contributed by atoms with Crippen molar-refractivity contribution in [2.24, 2.45) is 5.92 Å². The van der Waals surface area contributed by atoms with E-state index in [1.54, 1.807) is 19.1 Å². The minimum absolute atomic E-state index is 0.0556. The highest BCUT2D eigenvalue weighted by atomic mass is 32.2. The minimum atomic E-state index is -5.58. The molecule has 3 aromatic rings. The van der Waals surface area contributed by atoms with E-state index in [0.717, 1.165) is 17.0 Å². The Morgan fingerprint density at radius 2 is 1.58 bits per heavy atom. The molecule has 0 bridgehead atoms. The smallest absolute Gasteiger partial charge is 0.278 e. The number of amides is 3. The lowest BCUT2D eigenvalue weighted by atomic mass is 10.1. The molecule has 0 N–H and O–H groups in total. The molecule has 2 aliphatic rings. The minimum Gasteiger partial charge on any atom is -0.278 e. The number of carbonyl (C=O) groups excluding carboxylic acids is 2. The van der Waals surface area contributed by atoms with Crippen molar-refractivity contribution in [3.8, 4) is 11.3 Å². The van der Waals surface area contributed by atoms with E-state index in [0.29, 0.717) is 35.5 Å². The van der Waals surface area contributed by atoms with E-state index in [4.69, 9.17) is 0 Å². The predicted molar refractivity (Wildman–Crippen MR) is 121 cm³/mol. The van der Waals surface area contributed by atoms with Crippen molar-refractivity contribution >= 4 is 33.2 Å². The van der Waals surface area contributed by atoms with E-state index in [1.807, 2.05) is 0 Å². The van der Waals surface area contributed by atoms with E-state index in [-0.39, 0.29) is 11.6 Å². The second kappa shape index (κ2) is 7.85. The number of rotatable bonds is 4. The highest BCUT2D eigenvalue weighted by molar-refractivity contribution is 7.92. The summed E-state index contributed by atoms with van der Waals surface area (Å²) in [4.78, 5) is 32.4. The quantitative estimate of drug-likeness (QED) is 0.360. The number of pyridine rings is 1. The molecule has 2 aromatic carbocycles. The van der Waals surface area contributed by atoms with Crippen LogP contribution in [0, 0.1) is 11.7 Å². The molecular weight excluding hydrogens is 502 g/mol. The van der Waals surface area contributed by atoms with Gasteiger partial charge in [0.25, 0.3) is 15.7 Å². The van der Waals surface area contributed by atoms with Crippen LogP contribution in [0.2, 0.25) is 0 Å². The third-order valence-corrected chi connectivity index (χ3v) is 7.98. The lowest BCUT2D eigenvalue weighted by Crippen LogP contribution is -2.39. The van der Waals surface area contributed by atoms with Crippen molar-refractivity contribution in [1.82, 2.24) is 4.98 Å². The third kappa shape index (κ3) is 3.47. The maximum atomic E-state index is 13.5. The van der Waals surface area contributed by atoms with E-state index in [9.17, 15) is 35.6 Å². The first-order chi connectivity index (χ1) is 16.9. The first kappa shape index (κ1) is 23.9. The standard InChI is InChI=1S/C24H17F4N3O4S/c1-14-13-23(14)21(32)30(17-6-8-19(9-7-17)36(34,35)24(26,27)28)22(33)31(23)18-10-11-29-20(12-18)15-2-4-16(25)5-3-15/h2-12,14H,13H2,1H3. The third-order valence-electron chi connectivity index (χ3n) is 6.48. The van der Waals surface area contributed by atoms with Gasteiger partial charge in [-0.3, -0.25) is 14.7 Å². The van der Waals surface area contributed by atoms with Gasteiger partial charge in [-0.25, -0.2) is 22.5 Å². The molecule has 1 aromatic heterocycles. The van der Waals surface area contributed by atoms with Gasteiger partial charge >= 0.3 is 11.5 Å². The van der Waals surface area contributed by atoms with Crippen LogP contribution >= 0.6 is 0 Å². The van der Waals surface area contributed by atoms with Gasteiger partial charge in [0, 0.05) is 11.8 Å². The van der Waals surface area contributed by atoms with Gasteiger partial charge in [0.2, 0.25) is 0 Å². The molecule has 1 aliphatic heterocycles. The fourth-order valence-corrected chi connectivity index (χ4v) is 5.24. The Kier molecular flexibility index (Phi) is 5.22. The van der Waals surface area contributed by atoms with Crippen molar-refractivity contribution in [3.63, 3.8) is 0 Å². The molecule has 2 unspecified atom stereocenters. The molecule has 12 heteroatoms. The summed E-state index contributed by atoms with van der Waals surface area (Å²) in [6, 6.07) is 11.4. The first-order valence-corrected chi connectivity index (χ1v) is 12.2. The fourth-order valence-electron chi connectivity index (χ4n) is 4.48. The summed E-state index contributed by atoms with van der Waals surface area (Å²) >= 11 is 0. The molecule has 0 radical (unpaired) electrons. The summed E-state index contributed by atoms with van der Waals surface area (Å²) in [6.07, 6.45) is 1.81. The molecule has 2 fully saturated rings. The Labute approximate surface area is 202 Å². The molecule has 186 valence electrons. The number of benzene rings is 2. The zero-order valence-electron chi connectivity index (χ0n) is 18.5. The topological polar surface area (TPSA) is 87.7 Å². The number of aromatic nitrogens is 1.